The van der Waals surface area contributed by atoms with E-state index in [1.54, 1.807) is 46.5 Å². The van der Waals surface area contributed by atoms with Crippen LogP contribution in [0.25, 0.3) is 5.69 Å². The third-order valence-electron chi connectivity index (χ3n) is 6.23. The van der Waals surface area contributed by atoms with Crippen LogP contribution < -0.4 is 5.32 Å². The fourth-order valence-corrected chi connectivity index (χ4v) is 5.47. The molecule has 9 heteroatoms. The molecule has 0 saturated carbocycles. The quantitative estimate of drug-likeness (QED) is 0.380. The second kappa shape index (κ2) is 10.3. The van der Waals surface area contributed by atoms with Crippen LogP contribution in [0.1, 0.15) is 33.2 Å². The second-order valence-electron chi connectivity index (χ2n) is 8.46. The van der Waals surface area contributed by atoms with Gasteiger partial charge in [-0.05, 0) is 65.4 Å². The molecule has 5 rings (SSSR count). The van der Waals surface area contributed by atoms with Crippen LogP contribution in [-0.2, 0) is 24.2 Å². The highest BCUT2D eigenvalue weighted by molar-refractivity contribution is 7.10. The number of carbonyl (C=O) groups is 1. The third-order valence-corrected chi connectivity index (χ3v) is 7.51. The van der Waals surface area contributed by atoms with Crippen LogP contribution in [0, 0.1) is 22.7 Å². The predicted molar refractivity (Wildman–Crippen MR) is 139 cm³/mol. The third kappa shape index (κ3) is 4.75. The lowest BCUT2D eigenvalue weighted by Crippen LogP contribution is -2.40. The molecule has 1 unspecified atom stereocenters. The Balaban J connectivity index is 1.51. The number of nitrogens with one attached hydrogen (secondary N) is 1. The molecule has 0 saturated heterocycles. The summed E-state index contributed by atoms with van der Waals surface area (Å²) in [4.78, 5) is 17.4. The van der Waals surface area contributed by atoms with Gasteiger partial charge in [0.25, 0.3) is 0 Å². The molecule has 0 fully saturated rings. The van der Waals surface area contributed by atoms with Gasteiger partial charge in [0.2, 0.25) is 5.91 Å². The minimum atomic E-state index is -0.589. The Labute approximate surface area is 217 Å². The van der Waals surface area contributed by atoms with Gasteiger partial charge in [0.1, 0.15) is 11.9 Å². The van der Waals surface area contributed by atoms with E-state index < -0.39 is 6.04 Å². The summed E-state index contributed by atoms with van der Waals surface area (Å²) in [5.41, 5.74) is 3.90. The van der Waals surface area contributed by atoms with Crippen LogP contribution in [0.5, 0.6) is 0 Å². The van der Waals surface area contributed by atoms with Gasteiger partial charge in [-0.1, -0.05) is 23.7 Å². The maximum atomic E-state index is 13.9. The highest BCUT2D eigenvalue weighted by Crippen LogP contribution is 2.32. The molecule has 36 heavy (non-hydrogen) atoms. The van der Waals surface area contributed by atoms with Crippen molar-refractivity contribution in [3.8, 4) is 17.8 Å². The van der Waals surface area contributed by atoms with Crippen molar-refractivity contribution in [1.29, 1.82) is 10.5 Å². The molecule has 1 N–H and O–H groups in total. The maximum Gasteiger partial charge on any atom is 0.247 e. The zero-order valence-corrected chi connectivity index (χ0v) is 20.8. The minimum Gasteiger partial charge on any atom is -0.309 e. The summed E-state index contributed by atoms with van der Waals surface area (Å²) in [6.07, 6.45) is 2.57. The summed E-state index contributed by atoms with van der Waals surface area (Å²) in [7, 11) is 0. The van der Waals surface area contributed by atoms with E-state index in [9.17, 15) is 15.3 Å². The first-order chi connectivity index (χ1) is 17.6. The van der Waals surface area contributed by atoms with Gasteiger partial charge in [-0.3, -0.25) is 9.69 Å². The summed E-state index contributed by atoms with van der Waals surface area (Å²) in [5.74, 6) is 0.226. The molecule has 0 bridgehead atoms. The number of hydrogen-bond donors (Lipinski definition) is 1. The fourth-order valence-electron chi connectivity index (χ4n) is 4.45. The number of nitriles is 2. The van der Waals surface area contributed by atoms with E-state index in [2.05, 4.69) is 38.9 Å². The number of thiophene rings is 1. The van der Waals surface area contributed by atoms with Gasteiger partial charge in [0.15, 0.2) is 0 Å². The molecule has 2 aromatic heterocycles. The van der Waals surface area contributed by atoms with Crippen molar-refractivity contribution in [2.75, 3.05) is 11.9 Å². The highest BCUT2D eigenvalue weighted by atomic mass is 35.5. The van der Waals surface area contributed by atoms with Gasteiger partial charge >= 0.3 is 0 Å². The second-order valence-corrected chi connectivity index (χ2v) is 9.89. The normalized spacial score (nSPS) is 13.9. The fraction of sp³-hybridized carbons (Fsp3) is 0.185. The van der Waals surface area contributed by atoms with Crippen LogP contribution in [0.2, 0.25) is 5.02 Å². The first kappa shape index (κ1) is 23.8. The van der Waals surface area contributed by atoms with E-state index in [1.807, 2.05) is 24.3 Å². The number of hydrogen-bond acceptors (Lipinski definition) is 6. The Morgan fingerprint density at radius 3 is 2.64 bits per heavy atom. The summed E-state index contributed by atoms with van der Waals surface area (Å²) in [6.45, 7) is 1.38. The van der Waals surface area contributed by atoms with Gasteiger partial charge in [0, 0.05) is 28.6 Å². The maximum absolute atomic E-state index is 13.9. The lowest BCUT2D eigenvalue weighted by atomic mass is 9.99. The average Bonchev–Trinajstić information content (AvgIpc) is 3.52. The number of nitrogens with zero attached hydrogens (tertiary/aromatic N) is 5. The Bertz CT molecular complexity index is 1480. The molecular formula is C27H21ClN6OS. The van der Waals surface area contributed by atoms with E-state index >= 15 is 0 Å². The van der Waals surface area contributed by atoms with E-state index in [1.165, 1.54) is 10.4 Å². The highest BCUT2D eigenvalue weighted by Gasteiger charge is 2.32. The number of halogens is 1. The molecule has 0 radical (unpaired) electrons. The number of fused-ring (bicyclic) bond motifs is 1. The number of amides is 1. The number of benzene rings is 2. The topological polar surface area (TPSA) is 97.7 Å². The summed E-state index contributed by atoms with van der Waals surface area (Å²) in [5, 5.41) is 28.8. The number of rotatable bonds is 6. The van der Waals surface area contributed by atoms with Crippen molar-refractivity contribution in [3.05, 3.63) is 98.3 Å². The van der Waals surface area contributed by atoms with E-state index in [0.717, 1.165) is 24.2 Å². The van der Waals surface area contributed by atoms with Crippen LogP contribution in [0.15, 0.2) is 66.2 Å². The molecule has 3 heterocycles. The van der Waals surface area contributed by atoms with Crippen molar-refractivity contribution >= 4 is 34.7 Å². The first-order valence-electron chi connectivity index (χ1n) is 11.4. The predicted octanol–water partition coefficient (Wildman–Crippen LogP) is 5.26. The van der Waals surface area contributed by atoms with Crippen molar-refractivity contribution in [2.45, 2.75) is 25.4 Å². The summed E-state index contributed by atoms with van der Waals surface area (Å²) < 4.78 is 1.62. The molecule has 4 aromatic rings. The molecule has 0 aliphatic carbocycles. The Morgan fingerprint density at radius 2 is 1.92 bits per heavy atom. The van der Waals surface area contributed by atoms with Crippen LogP contribution in [0.4, 0.5) is 5.82 Å². The van der Waals surface area contributed by atoms with Crippen LogP contribution in [0.3, 0.4) is 0 Å². The number of carbonyl (C=O) groups excluding carboxylic acids is 1. The van der Waals surface area contributed by atoms with Gasteiger partial charge < -0.3 is 5.32 Å². The van der Waals surface area contributed by atoms with E-state index in [4.69, 9.17) is 11.6 Å². The van der Waals surface area contributed by atoms with Crippen molar-refractivity contribution in [1.82, 2.24) is 14.7 Å². The summed E-state index contributed by atoms with van der Waals surface area (Å²) in [6, 6.07) is 20.0. The molecular weight excluding hydrogens is 492 g/mol. The molecule has 7 nitrogen and oxygen atoms in total. The van der Waals surface area contributed by atoms with Crippen LogP contribution >= 0.6 is 22.9 Å². The minimum absolute atomic E-state index is 0.104. The molecule has 1 amide bonds. The van der Waals surface area contributed by atoms with Gasteiger partial charge in [-0.25, -0.2) is 4.68 Å². The monoisotopic (exact) mass is 512 g/mol. The lowest BCUT2D eigenvalue weighted by molar-refractivity contribution is -0.122. The molecule has 1 aliphatic heterocycles. The lowest BCUT2D eigenvalue weighted by Gasteiger charge is -2.34. The molecule has 178 valence electrons. The van der Waals surface area contributed by atoms with Crippen LogP contribution in [-0.4, -0.2) is 27.1 Å². The number of anilines is 1. The number of aromatic nitrogens is 2. The molecule has 1 aliphatic rings. The van der Waals surface area contributed by atoms with Crippen molar-refractivity contribution in [2.24, 2.45) is 0 Å². The zero-order valence-electron chi connectivity index (χ0n) is 19.2. The Morgan fingerprint density at radius 1 is 1.14 bits per heavy atom. The van der Waals surface area contributed by atoms with Gasteiger partial charge in [-0.2, -0.15) is 15.6 Å². The van der Waals surface area contributed by atoms with Gasteiger partial charge in [-0.15, -0.1) is 11.3 Å². The summed E-state index contributed by atoms with van der Waals surface area (Å²) >= 11 is 7.80. The van der Waals surface area contributed by atoms with E-state index in [-0.39, 0.29) is 12.3 Å². The molecule has 1 atom stereocenters. The zero-order chi connectivity index (χ0) is 25.1. The standard InChI is InChI=1S/C27H21ClN6OS/c28-22-5-7-23(8-6-22)34-26(20(9-12-29)16-31-34)32-27(35)25(19-3-1-18(15-30)2-4-19)33-13-10-24-21(17-33)11-14-36-24/h1-8,11,14,16,25H,9-10,13,17H2,(H,32,35). The molecule has 0 spiro atoms. The van der Waals surface area contributed by atoms with Crippen molar-refractivity contribution < 1.29 is 4.79 Å². The Kier molecular flexibility index (Phi) is 6.84. The van der Waals surface area contributed by atoms with Gasteiger partial charge in [0.05, 0.1) is 36.0 Å². The smallest absolute Gasteiger partial charge is 0.247 e. The first-order valence-corrected chi connectivity index (χ1v) is 12.6. The average molecular weight is 513 g/mol. The molecule has 2 aromatic carbocycles. The Hall–Kier alpha value is -3.95. The van der Waals surface area contributed by atoms with Crippen molar-refractivity contribution in [3.63, 3.8) is 0 Å². The van der Waals surface area contributed by atoms with E-state index in [0.29, 0.717) is 28.5 Å². The SMILES string of the molecule is N#CCc1cnn(-c2ccc(Cl)cc2)c1NC(=O)C(c1ccc(C#N)cc1)N1CCc2sccc2C1. The largest absolute Gasteiger partial charge is 0.309 e.